The van der Waals surface area contributed by atoms with Crippen LogP contribution in [0.1, 0.15) is 12.5 Å². The Morgan fingerprint density at radius 2 is 2.22 bits per heavy atom. The summed E-state index contributed by atoms with van der Waals surface area (Å²) in [5, 5.41) is 21.7. The van der Waals surface area contributed by atoms with Gasteiger partial charge < -0.3 is 20.1 Å². The Bertz CT molecular complexity index is 671. The third-order valence-corrected chi connectivity index (χ3v) is 3.97. The van der Waals surface area contributed by atoms with Crippen molar-refractivity contribution < 1.29 is 9.84 Å². The van der Waals surface area contributed by atoms with Gasteiger partial charge in [-0.15, -0.1) is 10.2 Å². The van der Waals surface area contributed by atoms with E-state index in [1.54, 1.807) is 18.2 Å². The first kappa shape index (κ1) is 15.7. The van der Waals surface area contributed by atoms with Crippen molar-refractivity contribution >= 4 is 5.82 Å². The Labute approximate surface area is 136 Å². The average Bonchev–Trinajstić information content (AvgIpc) is 2.58. The molecule has 0 amide bonds. The second kappa shape index (κ2) is 6.93. The van der Waals surface area contributed by atoms with Crippen molar-refractivity contribution in [3.63, 3.8) is 0 Å². The zero-order chi connectivity index (χ0) is 16.2. The zero-order valence-electron chi connectivity index (χ0n) is 13.5. The number of aromatic hydroxyl groups is 1. The third-order valence-electron chi connectivity index (χ3n) is 3.97. The lowest BCUT2D eigenvalue weighted by Gasteiger charge is -2.35. The maximum absolute atomic E-state index is 9.61. The van der Waals surface area contributed by atoms with Crippen molar-refractivity contribution in [1.82, 2.24) is 15.5 Å². The summed E-state index contributed by atoms with van der Waals surface area (Å²) in [6, 6.07) is 9.04. The standard InChI is InChI=1S/C17H22N4O2/c1-3-21(16-11-18-7-8-23-16)17-12(2)9-15(19-20-17)13-5-4-6-14(22)10-13/h4-6,9-10,16,18,22H,3,7-8,11H2,1-2H3. The molecule has 0 aliphatic carbocycles. The number of phenolic OH excluding ortho intramolecular Hbond substituents is 1. The number of aromatic nitrogens is 2. The molecule has 0 radical (unpaired) electrons. The molecule has 1 aliphatic rings. The second-order valence-corrected chi connectivity index (χ2v) is 5.60. The molecule has 6 nitrogen and oxygen atoms in total. The first-order valence-corrected chi connectivity index (χ1v) is 7.91. The summed E-state index contributed by atoms with van der Waals surface area (Å²) in [5.41, 5.74) is 2.64. The molecular weight excluding hydrogens is 292 g/mol. The lowest BCUT2D eigenvalue weighted by Crippen LogP contribution is -2.50. The highest BCUT2D eigenvalue weighted by molar-refractivity contribution is 5.63. The molecule has 1 fully saturated rings. The van der Waals surface area contributed by atoms with E-state index in [1.165, 1.54) is 0 Å². The largest absolute Gasteiger partial charge is 0.508 e. The molecule has 23 heavy (non-hydrogen) atoms. The van der Waals surface area contributed by atoms with Gasteiger partial charge in [-0.1, -0.05) is 12.1 Å². The quantitative estimate of drug-likeness (QED) is 0.898. The van der Waals surface area contributed by atoms with E-state index < -0.39 is 0 Å². The van der Waals surface area contributed by atoms with Crippen LogP contribution in [0, 0.1) is 6.92 Å². The molecule has 1 aromatic carbocycles. The number of ether oxygens (including phenoxy) is 1. The van der Waals surface area contributed by atoms with Gasteiger partial charge in [0.2, 0.25) is 0 Å². The number of nitrogens with one attached hydrogen (secondary N) is 1. The van der Waals surface area contributed by atoms with Crippen LogP contribution in [0.5, 0.6) is 5.75 Å². The number of rotatable bonds is 4. The van der Waals surface area contributed by atoms with Gasteiger partial charge in [0.1, 0.15) is 12.0 Å². The summed E-state index contributed by atoms with van der Waals surface area (Å²) >= 11 is 0. The molecule has 2 aromatic rings. The van der Waals surface area contributed by atoms with E-state index >= 15 is 0 Å². The molecule has 1 unspecified atom stereocenters. The zero-order valence-corrected chi connectivity index (χ0v) is 13.5. The molecular formula is C17H22N4O2. The summed E-state index contributed by atoms with van der Waals surface area (Å²) in [6.07, 6.45) is -0.0200. The van der Waals surface area contributed by atoms with Crippen LogP contribution in [0.2, 0.25) is 0 Å². The van der Waals surface area contributed by atoms with E-state index in [9.17, 15) is 5.11 Å². The molecule has 122 valence electrons. The Kier molecular flexibility index (Phi) is 4.73. The predicted octanol–water partition coefficient (Wildman–Crippen LogP) is 1.93. The summed E-state index contributed by atoms with van der Waals surface area (Å²) in [7, 11) is 0. The van der Waals surface area contributed by atoms with Crippen LogP contribution in [0.4, 0.5) is 5.82 Å². The fourth-order valence-corrected chi connectivity index (χ4v) is 2.81. The predicted molar refractivity (Wildman–Crippen MR) is 89.5 cm³/mol. The van der Waals surface area contributed by atoms with Gasteiger partial charge in [-0.05, 0) is 37.6 Å². The maximum atomic E-state index is 9.61. The number of phenols is 1. The smallest absolute Gasteiger partial charge is 0.156 e. The molecule has 1 aromatic heterocycles. The molecule has 0 saturated carbocycles. The minimum atomic E-state index is -0.0200. The lowest BCUT2D eigenvalue weighted by atomic mass is 10.1. The minimum Gasteiger partial charge on any atom is -0.508 e. The van der Waals surface area contributed by atoms with Crippen LogP contribution in [0.3, 0.4) is 0 Å². The van der Waals surface area contributed by atoms with Gasteiger partial charge in [0, 0.05) is 25.2 Å². The molecule has 2 heterocycles. The first-order valence-electron chi connectivity index (χ1n) is 7.91. The van der Waals surface area contributed by atoms with E-state index in [1.807, 2.05) is 19.1 Å². The number of aryl methyl sites for hydroxylation is 1. The fraction of sp³-hybridized carbons (Fsp3) is 0.412. The molecule has 0 bridgehead atoms. The highest BCUT2D eigenvalue weighted by Crippen LogP contribution is 2.26. The number of hydrogen-bond acceptors (Lipinski definition) is 6. The van der Waals surface area contributed by atoms with E-state index in [4.69, 9.17) is 4.74 Å². The van der Waals surface area contributed by atoms with Crippen molar-refractivity contribution in [2.24, 2.45) is 0 Å². The van der Waals surface area contributed by atoms with Gasteiger partial charge in [-0.25, -0.2) is 0 Å². The van der Waals surface area contributed by atoms with Crippen molar-refractivity contribution in [1.29, 1.82) is 0 Å². The van der Waals surface area contributed by atoms with Gasteiger partial charge >= 0.3 is 0 Å². The second-order valence-electron chi connectivity index (χ2n) is 5.60. The summed E-state index contributed by atoms with van der Waals surface area (Å²) in [5.74, 6) is 1.06. The number of hydrogen-bond donors (Lipinski definition) is 2. The van der Waals surface area contributed by atoms with E-state index in [2.05, 4.69) is 27.3 Å². The summed E-state index contributed by atoms with van der Waals surface area (Å²) < 4.78 is 5.83. The minimum absolute atomic E-state index is 0.0200. The molecule has 1 atom stereocenters. The topological polar surface area (TPSA) is 70.5 Å². The van der Waals surface area contributed by atoms with Crippen LogP contribution in [-0.4, -0.2) is 47.8 Å². The highest BCUT2D eigenvalue weighted by atomic mass is 16.5. The Morgan fingerprint density at radius 1 is 1.35 bits per heavy atom. The first-order chi connectivity index (χ1) is 11.2. The number of anilines is 1. The van der Waals surface area contributed by atoms with Crippen molar-refractivity contribution in [3.05, 3.63) is 35.9 Å². The number of morpholine rings is 1. The SMILES string of the molecule is CCN(c1nnc(-c2cccc(O)c2)cc1C)C1CNCCO1. The summed E-state index contributed by atoms with van der Waals surface area (Å²) in [6.45, 7) is 7.28. The van der Waals surface area contributed by atoms with E-state index in [0.29, 0.717) is 6.61 Å². The monoisotopic (exact) mass is 314 g/mol. The van der Waals surface area contributed by atoms with Crippen LogP contribution < -0.4 is 10.2 Å². The summed E-state index contributed by atoms with van der Waals surface area (Å²) in [4.78, 5) is 2.13. The fourth-order valence-electron chi connectivity index (χ4n) is 2.81. The molecule has 3 rings (SSSR count). The van der Waals surface area contributed by atoms with Gasteiger partial charge in [-0.3, -0.25) is 0 Å². The van der Waals surface area contributed by atoms with Crippen molar-refractivity contribution in [2.75, 3.05) is 31.1 Å². The molecule has 1 saturated heterocycles. The highest BCUT2D eigenvalue weighted by Gasteiger charge is 2.23. The molecule has 1 aliphatic heterocycles. The average molecular weight is 314 g/mol. The molecule has 0 spiro atoms. The number of nitrogens with zero attached hydrogens (tertiary/aromatic N) is 3. The van der Waals surface area contributed by atoms with Crippen LogP contribution in [0.15, 0.2) is 30.3 Å². The van der Waals surface area contributed by atoms with Crippen LogP contribution in [-0.2, 0) is 4.74 Å². The van der Waals surface area contributed by atoms with Gasteiger partial charge in [0.25, 0.3) is 0 Å². The normalized spacial score (nSPS) is 17.9. The van der Waals surface area contributed by atoms with Crippen molar-refractivity contribution in [3.8, 4) is 17.0 Å². The van der Waals surface area contributed by atoms with Crippen LogP contribution >= 0.6 is 0 Å². The Morgan fingerprint density at radius 3 is 2.87 bits per heavy atom. The van der Waals surface area contributed by atoms with Gasteiger partial charge in [-0.2, -0.15) is 0 Å². The van der Waals surface area contributed by atoms with Crippen LogP contribution in [0.25, 0.3) is 11.3 Å². The Hall–Kier alpha value is -2.18. The Balaban J connectivity index is 1.88. The number of benzene rings is 1. The van der Waals surface area contributed by atoms with Crippen molar-refractivity contribution in [2.45, 2.75) is 20.1 Å². The van der Waals surface area contributed by atoms with Gasteiger partial charge in [0.05, 0.1) is 12.3 Å². The molecule has 2 N–H and O–H groups in total. The number of likely N-dealkylation sites (N-methyl/N-ethyl adjacent to an activating group) is 1. The van der Waals surface area contributed by atoms with E-state index in [-0.39, 0.29) is 12.0 Å². The molecule has 6 heteroatoms. The van der Waals surface area contributed by atoms with E-state index in [0.717, 1.165) is 42.3 Å². The third kappa shape index (κ3) is 3.43. The van der Waals surface area contributed by atoms with Gasteiger partial charge in [0.15, 0.2) is 5.82 Å². The lowest BCUT2D eigenvalue weighted by molar-refractivity contribution is 0.0266. The maximum Gasteiger partial charge on any atom is 0.156 e.